The van der Waals surface area contributed by atoms with Crippen molar-refractivity contribution < 1.29 is 4.74 Å². The molecule has 0 bridgehead atoms. The van der Waals surface area contributed by atoms with Gasteiger partial charge in [-0.3, -0.25) is 4.90 Å². The van der Waals surface area contributed by atoms with Crippen LogP contribution in [0.15, 0.2) is 24.3 Å². The molecule has 1 aromatic rings. The van der Waals surface area contributed by atoms with Gasteiger partial charge in [0.05, 0.1) is 13.2 Å². The first-order chi connectivity index (χ1) is 6.93. The van der Waals surface area contributed by atoms with Gasteiger partial charge in [-0.15, -0.1) is 0 Å². The van der Waals surface area contributed by atoms with E-state index in [9.17, 15) is 0 Å². The molecule has 0 spiro atoms. The van der Waals surface area contributed by atoms with Crippen LogP contribution in [0.25, 0.3) is 0 Å². The van der Waals surface area contributed by atoms with E-state index in [4.69, 9.17) is 4.74 Å². The molecule has 2 aliphatic rings. The van der Waals surface area contributed by atoms with E-state index >= 15 is 0 Å². The Labute approximate surface area is 83.7 Å². The fourth-order valence-corrected chi connectivity index (χ4v) is 2.16. The number of rotatable bonds is 0. The summed E-state index contributed by atoms with van der Waals surface area (Å²) in [6.07, 6.45) is 0.374. The molecule has 0 amide bonds. The zero-order valence-electron chi connectivity index (χ0n) is 8.07. The van der Waals surface area contributed by atoms with Crippen LogP contribution in [0.3, 0.4) is 0 Å². The first-order valence-corrected chi connectivity index (χ1v) is 5.10. The molecule has 74 valence electrons. The molecule has 0 aromatic heterocycles. The van der Waals surface area contributed by atoms with Gasteiger partial charge in [-0.05, 0) is 11.6 Å². The molecule has 1 N–H and O–H groups in total. The lowest BCUT2D eigenvalue weighted by molar-refractivity contribution is -0.00403. The van der Waals surface area contributed by atoms with Crippen LogP contribution in [-0.4, -0.2) is 30.8 Å². The smallest absolute Gasteiger partial charge is 0.104 e. The number of morpholine rings is 1. The predicted molar refractivity (Wildman–Crippen MR) is 55.1 cm³/mol. The molecular formula is C11H14N2O. The van der Waals surface area contributed by atoms with Crippen molar-refractivity contribution in [3.05, 3.63) is 29.8 Å². The van der Waals surface area contributed by atoms with E-state index in [1.807, 2.05) is 0 Å². The molecule has 3 heteroatoms. The molecule has 0 aliphatic carbocycles. The zero-order valence-corrected chi connectivity index (χ0v) is 8.07. The average Bonchev–Trinajstić information content (AvgIpc) is 2.26. The highest BCUT2D eigenvalue weighted by atomic mass is 16.5. The third kappa shape index (κ3) is 1.29. The zero-order chi connectivity index (χ0) is 9.38. The normalized spacial score (nSPS) is 26.1. The Balaban J connectivity index is 1.91. The van der Waals surface area contributed by atoms with E-state index in [1.54, 1.807) is 0 Å². The SMILES string of the molecule is c1ccc2c(c1)CN1CCOCC1N2. The molecule has 1 unspecified atom stereocenters. The van der Waals surface area contributed by atoms with E-state index in [0.717, 1.165) is 26.3 Å². The largest absolute Gasteiger partial charge is 0.377 e. The lowest BCUT2D eigenvalue weighted by Gasteiger charge is -2.40. The Morgan fingerprint density at radius 1 is 1.36 bits per heavy atom. The van der Waals surface area contributed by atoms with Crippen LogP contribution in [-0.2, 0) is 11.3 Å². The van der Waals surface area contributed by atoms with E-state index in [1.165, 1.54) is 11.3 Å². The molecule has 1 saturated heterocycles. The standard InChI is InChI=1S/C11H14N2O/c1-2-4-10-9(3-1)7-13-5-6-14-8-11(13)12-10/h1-4,11-12H,5-8H2. The quantitative estimate of drug-likeness (QED) is 0.666. The second kappa shape index (κ2) is 3.26. The second-order valence-corrected chi connectivity index (χ2v) is 3.86. The number of benzene rings is 1. The summed E-state index contributed by atoms with van der Waals surface area (Å²) in [5.74, 6) is 0. The third-order valence-electron chi connectivity index (χ3n) is 2.95. The molecule has 3 rings (SSSR count). The lowest BCUT2D eigenvalue weighted by atomic mass is 10.1. The van der Waals surface area contributed by atoms with Gasteiger partial charge in [0.1, 0.15) is 6.17 Å². The molecule has 1 atom stereocenters. The fourth-order valence-electron chi connectivity index (χ4n) is 2.16. The van der Waals surface area contributed by atoms with Gasteiger partial charge in [0.2, 0.25) is 0 Å². The molecule has 1 aromatic carbocycles. The molecule has 3 nitrogen and oxygen atoms in total. The van der Waals surface area contributed by atoms with Crippen molar-refractivity contribution in [3.8, 4) is 0 Å². The predicted octanol–water partition coefficient (Wildman–Crippen LogP) is 1.27. The maximum Gasteiger partial charge on any atom is 0.104 e. The van der Waals surface area contributed by atoms with Crippen molar-refractivity contribution in [1.29, 1.82) is 0 Å². The van der Waals surface area contributed by atoms with Gasteiger partial charge in [0, 0.05) is 18.8 Å². The molecular weight excluding hydrogens is 176 g/mol. The van der Waals surface area contributed by atoms with Crippen LogP contribution >= 0.6 is 0 Å². The highest BCUT2D eigenvalue weighted by Crippen LogP contribution is 2.25. The number of nitrogens with zero attached hydrogens (tertiary/aromatic N) is 1. The minimum absolute atomic E-state index is 0.374. The first kappa shape index (κ1) is 8.26. The van der Waals surface area contributed by atoms with Crippen molar-refractivity contribution in [3.63, 3.8) is 0 Å². The Morgan fingerprint density at radius 3 is 3.29 bits per heavy atom. The number of ether oxygens (including phenoxy) is 1. The maximum absolute atomic E-state index is 5.45. The minimum Gasteiger partial charge on any atom is -0.377 e. The summed E-state index contributed by atoms with van der Waals surface area (Å²) in [6.45, 7) is 3.75. The maximum atomic E-state index is 5.45. The third-order valence-corrected chi connectivity index (χ3v) is 2.95. The van der Waals surface area contributed by atoms with E-state index in [2.05, 4.69) is 34.5 Å². The summed E-state index contributed by atoms with van der Waals surface area (Å²) in [5, 5.41) is 3.50. The summed E-state index contributed by atoms with van der Waals surface area (Å²) in [5.41, 5.74) is 2.66. The summed E-state index contributed by atoms with van der Waals surface area (Å²) < 4.78 is 5.45. The Kier molecular flexibility index (Phi) is 1.92. The molecule has 14 heavy (non-hydrogen) atoms. The van der Waals surface area contributed by atoms with Crippen molar-refractivity contribution >= 4 is 5.69 Å². The van der Waals surface area contributed by atoms with Gasteiger partial charge in [-0.1, -0.05) is 18.2 Å². The van der Waals surface area contributed by atoms with Gasteiger partial charge in [0.25, 0.3) is 0 Å². The fraction of sp³-hybridized carbons (Fsp3) is 0.455. The van der Waals surface area contributed by atoms with Crippen molar-refractivity contribution in [2.24, 2.45) is 0 Å². The number of hydrogen-bond acceptors (Lipinski definition) is 3. The van der Waals surface area contributed by atoms with Crippen LogP contribution in [0.4, 0.5) is 5.69 Å². The van der Waals surface area contributed by atoms with E-state index < -0.39 is 0 Å². The van der Waals surface area contributed by atoms with Crippen molar-refractivity contribution in [2.45, 2.75) is 12.7 Å². The van der Waals surface area contributed by atoms with Gasteiger partial charge >= 0.3 is 0 Å². The second-order valence-electron chi connectivity index (χ2n) is 3.86. The summed E-state index contributed by atoms with van der Waals surface area (Å²) in [6, 6.07) is 8.50. The van der Waals surface area contributed by atoms with Crippen LogP contribution < -0.4 is 5.32 Å². The summed E-state index contributed by atoms with van der Waals surface area (Å²) in [7, 11) is 0. The van der Waals surface area contributed by atoms with Gasteiger partial charge in [0.15, 0.2) is 0 Å². The van der Waals surface area contributed by atoms with Crippen molar-refractivity contribution in [1.82, 2.24) is 4.90 Å². The lowest BCUT2D eigenvalue weighted by Crippen LogP contribution is -2.51. The monoisotopic (exact) mass is 190 g/mol. The highest BCUT2D eigenvalue weighted by Gasteiger charge is 2.27. The van der Waals surface area contributed by atoms with Gasteiger partial charge in [-0.2, -0.15) is 0 Å². The Hall–Kier alpha value is -1.06. The molecule has 0 saturated carbocycles. The van der Waals surface area contributed by atoms with Crippen LogP contribution in [0.1, 0.15) is 5.56 Å². The minimum atomic E-state index is 0.374. The number of fused-ring (bicyclic) bond motifs is 2. The van der Waals surface area contributed by atoms with Gasteiger partial charge < -0.3 is 10.1 Å². The van der Waals surface area contributed by atoms with Crippen molar-refractivity contribution in [2.75, 3.05) is 25.1 Å². The highest BCUT2D eigenvalue weighted by molar-refractivity contribution is 5.53. The summed E-state index contributed by atoms with van der Waals surface area (Å²) in [4.78, 5) is 2.44. The Morgan fingerprint density at radius 2 is 2.29 bits per heavy atom. The number of nitrogens with one attached hydrogen (secondary N) is 1. The number of anilines is 1. The molecule has 2 aliphatic heterocycles. The van der Waals surface area contributed by atoms with Crippen LogP contribution in [0.5, 0.6) is 0 Å². The molecule has 2 heterocycles. The van der Waals surface area contributed by atoms with Gasteiger partial charge in [-0.25, -0.2) is 0 Å². The van der Waals surface area contributed by atoms with E-state index in [0.29, 0.717) is 6.17 Å². The number of hydrogen-bond donors (Lipinski definition) is 1. The van der Waals surface area contributed by atoms with Crippen LogP contribution in [0, 0.1) is 0 Å². The summed E-state index contributed by atoms with van der Waals surface area (Å²) >= 11 is 0. The Bertz CT molecular complexity index is 307. The topological polar surface area (TPSA) is 24.5 Å². The van der Waals surface area contributed by atoms with Crippen LogP contribution in [0.2, 0.25) is 0 Å². The molecule has 0 radical (unpaired) electrons. The molecule has 1 fully saturated rings. The number of para-hydroxylation sites is 1. The first-order valence-electron chi connectivity index (χ1n) is 5.10. The van der Waals surface area contributed by atoms with E-state index in [-0.39, 0.29) is 0 Å². The average molecular weight is 190 g/mol.